The molecule has 1 aliphatic rings. The van der Waals surface area contributed by atoms with Crippen molar-refractivity contribution in [1.82, 2.24) is 0 Å². The first-order valence-electron chi connectivity index (χ1n) is 7.41. The van der Waals surface area contributed by atoms with Gasteiger partial charge < -0.3 is 23.9 Å². The van der Waals surface area contributed by atoms with Gasteiger partial charge in [-0.3, -0.25) is 9.59 Å². The van der Waals surface area contributed by atoms with Crippen LogP contribution in [0.15, 0.2) is 28.9 Å². The van der Waals surface area contributed by atoms with Gasteiger partial charge in [-0.1, -0.05) is 0 Å². The summed E-state index contributed by atoms with van der Waals surface area (Å²) in [5.74, 6) is -0.245. The number of carbonyl (C=O) groups is 3. The lowest BCUT2D eigenvalue weighted by Crippen LogP contribution is -2.22. The molecule has 0 atom stereocenters. The number of furan rings is 1. The van der Waals surface area contributed by atoms with Crippen LogP contribution >= 0.6 is 0 Å². The summed E-state index contributed by atoms with van der Waals surface area (Å²) in [6, 6.07) is 4.46. The Hall–Kier alpha value is -3.29. The van der Waals surface area contributed by atoms with Gasteiger partial charge in [-0.05, 0) is 26.0 Å². The van der Waals surface area contributed by atoms with E-state index in [0.29, 0.717) is 17.3 Å². The highest BCUT2D eigenvalue weighted by Gasteiger charge is 2.21. The van der Waals surface area contributed by atoms with Gasteiger partial charge in [-0.25, -0.2) is 4.79 Å². The number of ether oxygens (including phenoxy) is 3. The minimum absolute atomic E-state index is 0.0474. The number of esters is 1. The smallest absolute Gasteiger partial charge is 0.342 e. The van der Waals surface area contributed by atoms with Gasteiger partial charge >= 0.3 is 5.97 Å². The predicted molar refractivity (Wildman–Crippen MR) is 84.9 cm³/mol. The molecular formula is C17H15NO7. The molecule has 8 heteroatoms. The van der Waals surface area contributed by atoms with Crippen molar-refractivity contribution in [3.8, 4) is 11.5 Å². The van der Waals surface area contributed by atoms with Gasteiger partial charge in [-0.2, -0.15) is 0 Å². The molecule has 3 rings (SSSR count). The van der Waals surface area contributed by atoms with E-state index in [9.17, 15) is 14.4 Å². The van der Waals surface area contributed by atoms with Crippen LogP contribution in [0.1, 0.15) is 33.4 Å². The minimum Gasteiger partial charge on any atom is -0.469 e. The zero-order valence-corrected chi connectivity index (χ0v) is 13.6. The van der Waals surface area contributed by atoms with Crippen molar-refractivity contribution in [3.05, 3.63) is 41.3 Å². The number of aryl methyl sites for hydroxylation is 1. The molecule has 0 saturated heterocycles. The quantitative estimate of drug-likeness (QED) is 0.655. The summed E-state index contributed by atoms with van der Waals surface area (Å²) in [5.41, 5.74) is 0.784. The zero-order valence-electron chi connectivity index (χ0n) is 13.6. The predicted octanol–water partition coefficient (Wildman–Crippen LogP) is 2.31. The van der Waals surface area contributed by atoms with Gasteiger partial charge in [0, 0.05) is 11.6 Å². The molecule has 1 aromatic carbocycles. The van der Waals surface area contributed by atoms with Crippen molar-refractivity contribution < 1.29 is 33.0 Å². The van der Waals surface area contributed by atoms with Crippen molar-refractivity contribution in [2.75, 3.05) is 18.7 Å². The first kappa shape index (κ1) is 16.6. The average Bonchev–Trinajstić information content (AvgIpc) is 3.19. The average molecular weight is 345 g/mol. The van der Waals surface area contributed by atoms with E-state index in [1.807, 2.05) is 0 Å². The first-order chi connectivity index (χ1) is 12.0. The third-order valence-corrected chi connectivity index (χ3v) is 3.58. The number of fused-ring (bicyclic) bond motifs is 1. The number of carbonyl (C=O) groups excluding carboxylic acids is 3. The van der Waals surface area contributed by atoms with Crippen molar-refractivity contribution in [3.63, 3.8) is 0 Å². The number of nitrogens with one attached hydrogen (secondary N) is 1. The first-order valence-corrected chi connectivity index (χ1v) is 7.41. The maximum atomic E-state index is 12.1. The maximum absolute atomic E-state index is 12.1. The van der Waals surface area contributed by atoms with Crippen LogP contribution in [0.4, 0.5) is 5.69 Å². The number of rotatable bonds is 5. The maximum Gasteiger partial charge on any atom is 0.342 e. The van der Waals surface area contributed by atoms with Gasteiger partial charge in [0.05, 0.1) is 12.0 Å². The molecule has 1 aliphatic heterocycles. The van der Waals surface area contributed by atoms with Gasteiger partial charge in [0.25, 0.3) is 5.91 Å². The third-order valence-electron chi connectivity index (χ3n) is 3.58. The van der Waals surface area contributed by atoms with Gasteiger partial charge in [0.15, 0.2) is 23.9 Å². The largest absolute Gasteiger partial charge is 0.469 e. The summed E-state index contributed by atoms with van der Waals surface area (Å²) < 4.78 is 20.4. The summed E-state index contributed by atoms with van der Waals surface area (Å²) in [6.07, 6.45) is 1.36. The second kappa shape index (κ2) is 6.68. The molecule has 1 amide bonds. The van der Waals surface area contributed by atoms with E-state index < -0.39 is 18.5 Å². The lowest BCUT2D eigenvalue weighted by Gasteiger charge is -2.11. The van der Waals surface area contributed by atoms with Crippen molar-refractivity contribution in [2.24, 2.45) is 0 Å². The molecule has 1 aromatic heterocycles. The Kier molecular flexibility index (Phi) is 4.42. The van der Waals surface area contributed by atoms with E-state index in [1.165, 1.54) is 31.4 Å². The number of anilines is 1. The molecule has 0 bridgehead atoms. The van der Waals surface area contributed by atoms with Gasteiger partial charge in [0.2, 0.25) is 6.79 Å². The van der Waals surface area contributed by atoms with Crippen molar-refractivity contribution in [2.45, 2.75) is 13.8 Å². The number of Topliss-reactive ketones (excluding diaryl/α,β-unsaturated/α-hetero) is 1. The molecule has 25 heavy (non-hydrogen) atoms. The fourth-order valence-electron chi connectivity index (χ4n) is 2.33. The fourth-order valence-corrected chi connectivity index (χ4v) is 2.33. The van der Waals surface area contributed by atoms with E-state index in [0.717, 1.165) is 0 Å². The van der Waals surface area contributed by atoms with E-state index in [2.05, 4.69) is 5.32 Å². The summed E-state index contributed by atoms with van der Waals surface area (Å²) in [7, 11) is 0. The summed E-state index contributed by atoms with van der Waals surface area (Å²) in [4.78, 5) is 35.7. The van der Waals surface area contributed by atoms with Crippen LogP contribution in [0.25, 0.3) is 0 Å². The Labute approximate surface area is 142 Å². The molecule has 0 unspecified atom stereocenters. The highest BCUT2D eigenvalue weighted by Crippen LogP contribution is 2.37. The molecule has 2 heterocycles. The van der Waals surface area contributed by atoms with E-state index in [4.69, 9.17) is 18.6 Å². The standard InChI is InChI=1S/C17H15NO7/c1-9(19)12-5-14-15(25-8-24-14)6-13(12)18-16(20)7-23-17(21)11-3-4-22-10(11)2/h3-6H,7-8H2,1-2H3,(H,18,20). The topological polar surface area (TPSA) is 104 Å². The molecule has 2 aromatic rings. The second-order valence-corrected chi connectivity index (χ2v) is 5.32. The highest BCUT2D eigenvalue weighted by atomic mass is 16.7. The fraction of sp³-hybridized carbons (Fsp3) is 0.235. The van der Waals surface area contributed by atoms with Crippen LogP contribution in [-0.4, -0.2) is 31.1 Å². The Morgan fingerprint density at radius 2 is 1.88 bits per heavy atom. The Morgan fingerprint density at radius 3 is 2.52 bits per heavy atom. The number of hydrogen-bond donors (Lipinski definition) is 1. The summed E-state index contributed by atoms with van der Waals surface area (Å²) >= 11 is 0. The molecule has 0 radical (unpaired) electrons. The number of hydrogen-bond acceptors (Lipinski definition) is 7. The Bertz CT molecular complexity index is 853. The van der Waals surface area contributed by atoms with Crippen molar-refractivity contribution >= 4 is 23.3 Å². The second-order valence-electron chi connectivity index (χ2n) is 5.32. The SMILES string of the molecule is CC(=O)c1cc2c(cc1NC(=O)COC(=O)c1ccoc1C)OCO2. The molecule has 1 N–H and O–H groups in total. The molecule has 0 spiro atoms. The summed E-state index contributed by atoms with van der Waals surface area (Å²) in [6.45, 7) is 2.53. The lowest BCUT2D eigenvalue weighted by atomic mass is 10.1. The lowest BCUT2D eigenvalue weighted by molar-refractivity contribution is -0.119. The number of amides is 1. The molecule has 130 valence electrons. The van der Waals surface area contributed by atoms with Gasteiger partial charge in [-0.15, -0.1) is 0 Å². The van der Waals surface area contributed by atoms with E-state index in [-0.39, 0.29) is 29.4 Å². The number of benzene rings is 1. The summed E-state index contributed by atoms with van der Waals surface area (Å²) in [5, 5.41) is 2.54. The Morgan fingerprint density at radius 1 is 1.16 bits per heavy atom. The van der Waals surface area contributed by atoms with Gasteiger partial charge in [0.1, 0.15) is 11.3 Å². The van der Waals surface area contributed by atoms with E-state index in [1.54, 1.807) is 6.92 Å². The van der Waals surface area contributed by atoms with Crippen molar-refractivity contribution in [1.29, 1.82) is 0 Å². The zero-order chi connectivity index (χ0) is 18.0. The normalized spacial score (nSPS) is 11.9. The molecular weight excluding hydrogens is 330 g/mol. The van der Waals surface area contributed by atoms with Crippen LogP contribution < -0.4 is 14.8 Å². The van der Waals surface area contributed by atoms with Crippen LogP contribution in [0.3, 0.4) is 0 Å². The van der Waals surface area contributed by atoms with Crippen LogP contribution in [0.2, 0.25) is 0 Å². The third kappa shape index (κ3) is 3.47. The molecule has 0 aliphatic carbocycles. The minimum atomic E-state index is -0.668. The monoisotopic (exact) mass is 345 g/mol. The molecule has 0 saturated carbocycles. The highest BCUT2D eigenvalue weighted by molar-refractivity contribution is 6.05. The number of ketones is 1. The van der Waals surface area contributed by atoms with Crippen LogP contribution in [-0.2, 0) is 9.53 Å². The van der Waals surface area contributed by atoms with Crippen LogP contribution in [0.5, 0.6) is 11.5 Å². The Balaban J connectivity index is 1.68. The van der Waals surface area contributed by atoms with Crippen LogP contribution in [0, 0.1) is 6.92 Å². The van der Waals surface area contributed by atoms with E-state index >= 15 is 0 Å². The molecule has 0 fully saturated rings. The molecule has 8 nitrogen and oxygen atoms in total.